The first kappa shape index (κ1) is 29.8. The first-order valence-electron chi connectivity index (χ1n) is 14.7. The zero-order valence-corrected chi connectivity index (χ0v) is 25.0. The summed E-state index contributed by atoms with van der Waals surface area (Å²) in [5.74, 6) is 2.23. The molecule has 3 aromatic rings. The van der Waals surface area contributed by atoms with Crippen LogP contribution in [0.5, 0.6) is 0 Å². The van der Waals surface area contributed by atoms with Gasteiger partial charge in [0.05, 0.1) is 5.69 Å². The molecule has 0 aliphatic carbocycles. The zero-order chi connectivity index (χ0) is 28.3. The number of unbranched alkanes of at least 4 members (excludes halogenated alkanes) is 3. The quantitative estimate of drug-likeness (QED) is 0.187. The van der Waals surface area contributed by atoms with Gasteiger partial charge in [0.25, 0.3) is 0 Å². The highest BCUT2D eigenvalue weighted by atomic mass is 32.2. The second kappa shape index (κ2) is 15.0. The van der Waals surface area contributed by atoms with Gasteiger partial charge in [0.15, 0.2) is 5.16 Å². The Labute approximate surface area is 243 Å². The Bertz CT molecular complexity index is 1250. The monoisotopic (exact) mass is 561 g/mol. The number of thioether (sulfide) groups is 1. The van der Waals surface area contributed by atoms with Crippen LogP contribution in [-0.4, -0.2) is 67.8 Å². The second-order valence-corrected chi connectivity index (χ2v) is 11.8. The molecule has 0 radical (unpaired) electrons. The van der Waals surface area contributed by atoms with Crippen molar-refractivity contribution in [3.05, 3.63) is 71.5 Å². The normalized spacial score (nSPS) is 15.4. The number of aromatic nitrogens is 3. The molecule has 1 aromatic heterocycles. The van der Waals surface area contributed by atoms with Gasteiger partial charge in [-0.05, 0) is 50.3 Å². The Morgan fingerprint density at radius 3 is 2.38 bits per heavy atom. The van der Waals surface area contributed by atoms with Crippen LogP contribution >= 0.6 is 11.8 Å². The molecule has 4 rings (SSSR count). The number of amides is 2. The Morgan fingerprint density at radius 1 is 0.900 bits per heavy atom. The highest BCUT2D eigenvalue weighted by Crippen LogP contribution is 2.26. The molecule has 8 heteroatoms. The summed E-state index contributed by atoms with van der Waals surface area (Å²) in [7, 11) is 0. The standard InChI is InChI=1S/C32H43N5O2S/c1-4-5-7-19-31(39)36-21-20-35(24-26(36)3)30(38)18-12-13-22-40-32-34-33-29(23-27-15-8-6-9-16-27)37(32)28-17-11-10-14-25(28)2/h6,8-11,14-17,26H,4-5,7,12-13,18-24H2,1-3H3. The minimum absolute atomic E-state index is 0.0836. The third kappa shape index (κ3) is 7.96. The number of nitrogens with zero attached hydrogens (tertiary/aromatic N) is 5. The minimum atomic E-state index is 0.0836. The van der Waals surface area contributed by atoms with Gasteiger partial charge in [0.1, 0.15) is 5.82 Å². The maximum atomic E-state index is 12.9. The number of para-hydroxylation sites is 1. The summed E-state index contributed by atoms with van der Waals surface area (Å²) < 4.78 is 2.18. The smallest absolute Gasteiger partial charge is 0.222 e. The summed E-state index contributed by atoms with van der Waals surface area (Å²) >= 11 is 1.70. The van der Waals surface area contributed by atoms with E-state index in [1.54, 1.807) is 11.8 Å². The molecule has 1 aliphatic rings. The maximum Gasteiger partial charge on any atom is 0.222 e. The highest BCUT2D eigenvalue weighted by molar-refractivity contribution is 7.99. The highest BCUT2D eigenvalue weighted by Gasteiger charge is 2.29. The maximum absolute atomic E-state index is 12.9. The van der Waals surface area contributed by atoms with Gasteiger partial charge < -0.3 is 9.80 Å². The summed E-state index contributed by atoms with van der Waals surface area (Å²) in [4.78, 5) is 29.4. The van der Waals surface area contributed by atoms with E-state index in [1.807, 2.05) is 15.9 Å². The fourth-order valence-electron chi connectivity index (χ4n) is 5.27. The summed E-state index contributed by atoms with van der Waals surface area (Å²) in [6, 6.07) is 18.8. The van der Waals surface area contributed by atoms with Gasteiger partial charge in [-0.1, -0.05) is 80.1 Å². The molecule has 214 valence electrons. The van der Waals surface area contributed by atoms with Gasteiger partial charge >= 0.3 is 0 Å². The number of carbonyl (C=O) groups is 2. The molecule has 7 nitrogen and oxygen atoms in total. The largest absolute Gasteiger partial charge is 0.339 e. The Kier molecular flexibility index (Phi) is 11.2. The van der Waals surface area contributed by atoms with Crippen LogP contribution in [-0.2, 0) is 16.0 Å². The SMILES string of the molecule is CCCCCC(=O)N1CCN(C(=O)CCCCSc2nnc(Cc3ccccc3)n2-c2ccccc2C)CC1C. The lowest BCUT2D eigenvalue weighted by Gasteiger charge is -2.40. The van der Waals surface area contributed by atoms with Crippen molar-refractivity contribution in [2.45, 2.75) is 83.3 Å². The van der Waals surface area contributed by atoms with Gasteiger partial charge in [-0.15, -0.1) is 10.2 Å². The van der Waals surface area contributed by atoms with Crippen LogP contribution in [0.4, 0.5) is 0 Å². The summed E-state index contributed by atoms with van der Waals surface area (Å²) in [6.45, 7) is 8.25. The van der Waals surface area contributed by atoms with Crippen molar-refractivity contribution in [2.24, 2.45) is 0 Å². The van der Waals surface area contributed by atoms with E-state index in [4.69, 9.17) is 0 Å². The minimum Gasteiger partial charge on any atom is -0.339 e. The number of hydrogen-bond acceptors (Lipinski definition) is 5. The lowest BCUT2D eigenvalue weighted by atomic mass is 10.1. The molecule has 0 bridgehead atoms. The first-order chi connectivity index (χ1) is 19.5. The molecule has 0 spiro atoms. The predicted octanol–water partition coefficient (Wildman–Crippen LogP) is 6.07. The van der Waals surface area contributed by atoms with Gasteiger partial charge in [-0.2, -0.15) is 0 Å². The fraction of sp³-hybridized carbons (Fsp3) is 0.500. The molecule has 1 unspecified atom stereocenters. The molecule has 1 saturated heterocycles. The Hall–Kier alpha value is -3.13. The van der Waals surface area contributed by atoms with Crippen LogP contribution in [0.15, 0.2) is 59.8 Å². The van der Waals surface area contributed by atoms with E-state index in [2.05, 4.69) is 84.1 Å². The van der Waals surface area contributed by atoms with Gasteiger partial charge in [0, 0.05) is 50.7 Å². The van der Waals surface area contributed by atoms with Crippen molar-refractivity contribution >= 4 is 23.6 Å². The van der Waals surface area contributed by atoms with Crippen molar-refractivity contribution in [3.8, 4) is 5.69 Å². The predicted molar refractivity (Wildman–Crippen MR) is 162 cm³/mol. The van der Waals surface area contributed by atoms with E-state index in [0.717, 1.165) is 54.5 Å². The van der Waals surface area contributed by atoms with E-state index in [0.29, 0.717) is 38.9 Å². The fourth-order valence-corrected chi connectivity index (χ4v) is 6.23. The van der Waals surface area contributed by atoms with Crippen molar-refractivity contribution in [1.82, 2.24) is 24.6 Å². The Balaban J connectivity index is 1.27. The number of rotatable bonds is 13. The molecule has 2 amide bonds. The third-order valence-corrected chi connectivity index (χ3v) is 8.59. The molecule has 40 heavy (non-hydrogen) atoms. The second-order valence-electron chi connectivity index (χ2n) is 10.7. The van der Waals surface area contributed by atoms with Crippen molar-refractivity contribution in [1.29, 1.82) is 0 Å². The van der Waals surface area contributed by atoms with E-state index < -0.39 is 0 Å². The molecular formula is C32H43N5O2S. The molecule has 2 heterocycles. The third-order valence-electron chi connectivity index (χ3n) is 7.57. The lowest BCUT2D eigenvalue weighted by molar-refractivity contribution is -0.142. The average molecular weight is 562 g/mol. The summed E-state index contributed by atoms with van der Waals surface area (Å²) in [5.41, 5.74) is 3.49. The molecule has 1 atom stereocenters. The van der Waals surface area contributed by atoms with Gasteiger partial charge in [-0.25, -0.2) is 0 Å². The molecular weight excluding hydrogens is 518 g/mol. The average Bonchev–Trinajstić information content (AvgIpc) is 3.35. The number of aryl methyl sites for hydroxylation is 1. The van der Waals surface area contributed by atoms with Crippen LogP contribution in [0.2, 0.25) is 0 Å². The molecule has 0 N–H and O–H groups in total. The molecule has 1 aliphatic heterocycles. The van der Waals surface area contributed by atoms with Gasteiger partial charge in [-0.3, -0.25) is 14.2 Å². The molecule has 0 saturated carbocycles. The first-order valence-corrected chi connectivity index (χ1v) is 15.7. The molecule has 1 fully saturated rings. The number of piperazine rings is 1. The van der Waals surface area contributed by atoms with E-state index >= 15 is 0 Å². The van der Waals surface area contributed by atoms with Crippen molar-refractivity contribution < 1.29 is 9.59 Å². The van der Waals surface area contributed by atoms with Crippen LogP contribution in [0.3, 0.4) is 0 Å². The zero-order valence-electron chi connectivity index (χ0n) is 24.2. The Morgan fingerprint density at radius 2 is 1.62 bits per heavy atom. The molecule has 2 aromatic carbocycles. The number of benzene rings is 2. The topological polar surface area (TPSA) is 71.3 Å². The van der Waals surface area contributed by atoms with E-state index in [1.165, 1.54) is 11.1 Å². The van der Waals surface area contributed by atoms with Crippen LogP contribution < -0.4 is 0 Å². The summed E-state index contributed by atoms with van der Waals surface area (Å²) in [5, 5.41) is 10.0. The van der Waals surface area contributed by atoms with E-state index in [-0.39, 0.29) is 17.9 Å². The van der Waals surface area contributed by atoms with Crippen molar-refractivity contribution in [2.75, 3.05) is 25.4 Å². The van der Waals surface area contributed by atoms with Crippen LogP contribution in [0.25, 0.3) is 5.69 Å². The van der Waals surface area contributed by atoms with Crippen LogP contribution in [0.1, 0.15) is 75.7 Å². The van der Waals surface area contributed by atoms with E-state index in [9.17, 15) is 9.59 Å². The van der Waals surface area contributed by atoms with Crippen LogP contribution in [0, 0.1) is 6.92 Å². The number of carbonyl (C=O) groups excluding carboxylic acids is 2. The summed E-state index contributed by atoms with van der Waals surface area (Å²) in [6.07, 6.45) is 6.81. The van der Waals surface area contributed by atoms with Crippen molar-refractivity contribution in [3.63, 3.8) is 0 Å². The lowest BCUT2D eigenvalue weighted by Crippen LogP contribution is -2.55. The van der Waals surface area contributed by atoms with Gasteiger partial charge in [0.2, 0.25) is 11.8 Å². The number of hydrogen-bond donors (Lipinski definition) is 0.